The van der Waals surface area contributed by atoms with Crippen molar-refractivity contribution >= 4 is 34.1 Å². The molecule has 1 aromatic heterocycles. The highest BCUT2D eigenvalue weighted by atomic mass is 35.5. The van der Waals surface area contributed by atoms with Crippen LogP contribution in [0.1, 0.15) is 5.56 Å². The highest BCUT2D eigenvalue weighted by molar-refractivity contribution is 6.36. The predicted octanol–water partition coefficient (Wildman–Crippen LogP) is 5.14. The normalized spacial score (nSPS) is 11.1. The molecule has 0 saturated heterocycles. The van der Waals surface area contributed by atoms with E-state index in [0.29, 0.717) is 16.6 Å². The fraction of sp³-hybridized carbons (Fsp3) is 0.0667. The van der Waals surface area contributed by atoms with E-state index in [4.69, 9.17) is 23.2 Å². The Balaban J connectivity index is 2.06. The Labute approximate surface area is 120 Å². The van der Waals surface area contributed by atoms with Crippen LogP contribution in [0.4, 0.5) is 4.39 Å². The zero-order valence-corrected chi connectivity index (χ0v) is 11.4. The lowest BCUT2D eigenvalue weighted by Crippen LogP contribution is -1.99. The van der Waals surface area contributed by atoms with E-state index in [1.165, 1.54) is 12.1 Å². The van der Waals surface area contributed by atoms with Gasteiger partial charge in [0.05, 0.1) is 6.54 Å². The van der Waals surface area contributed by atoms with E-state index < -0.39 is 0 Å². The van der Waals surface area contributed by atoms with Crippen LogP contribution in [0.5, 0.6) is 0 Å². The summed E-state index contributed by atoms with van der Waals surface area (Å²) in [5.74, 6) is -0.235. The molecule has 0 spiro atoms. The van der Waals surface area contributed by atoms with Crippen LogP contribution in [0, 0.1) is 5.82 Å². The van der Waals surface area contributed by atoms with Crippen LogP contribution in [0.25, 0.3) is 10.9 Å². The third-order valence-electron chi connectivity index (χ3n) is 3.12. The third kappa shape index (κ3) is 2.34. The first kappa shape index (κ1) is 12.5. The predicted molar refractivity (Wildman–Crippen MR) is 77.5 cm³/mol. The standard InChI is InChI=1S/C15H10Cl2FN/c16-13-2-1-3-14(17)12(13)9-19-7-6-10-8-11(18)4-5-15(10)19/h1-8H,9H2. The summed E-state index contributed by atoms with van der Waals surface area (Å²) >= 11 is 12.3. The molecule has 0 unspecified atom stereocenters. The second kappa shape index (κ2) is 4.87. The quantitative estimate of drug-likeness (QED) is 0.617. The minimum atomic E-state index is -0.235. The fourth-order valence-electron chi connectivity index (χ4n) is 2.16. The van der Waals surface area contributed by atoms with Crippen molar-refractivity contribution < 1.29 is 4.39 Å². The minimum absolute atomic E-state index is 0.235. The molecule has 0 atom stereocenters. The zero-order chi connectivity index (χ0) is 13.4. The summed E-state index contributed by atoms with van der Waals surface area (Å²) in [7, 11) is 0. The van der Waals surface area contributed by atoms with E-state index >= 15 is 0 Å². The second-order valence-corrected chi connectivity index (χ2v) is 5.16. The molecular formula is C15H10Cl2FN. The van der Waals surface area contributed by atoms with Gasteiger partial charge in [-0.2, -0.15) is 0 Å². The highest BCUT2D eigenvalue weighted by Crippen LogP contribution is 2.27. The molecule has 4 heteroatoms. The molecule has 1 nitrogen and oxygen atoms in total. The fourth-order valence-corrected chi connectivity index (χ4v) is 2.68. The van der Waals surface area contributed by atoms with Gasteiger partial charge in [-0.25, -0.2) is 4.39 Å². The molecule has 1 heterocycles. The van der Waals surface area contributed by atoms with Gasteiger partial charge < -0.3 is 4.57 Å². The molecule has 0 radical (unpaired) electrons. The Bertz CT molecular complexity index is 729. The number of nitrogens with zero attached hydrogens (tertiary/aromatic N) is 1. The van der Waals surface area contributed by atoms with Gasteiger partial charge in [-0.05, 0) is 36.4 Å². The van der Waals surface area contributed by atoms with Crippen LogP contribution in [-0.2, 0) is 6.54 Å². The number of rotatable bonds is 2. The summed E-state index contributed by atoms with van der Waals surface area (Å²) < 4.78 is 15.2. The topological polar surface area (TPSA) is 4.93 Å². The Hall–Kier alpha value is -1.51. The second-order valence-electron chi connectivity index (χ2n) is 4.35. The van der Waals surface area contributed by atoms with Gasteiger partial charge in [0, 0.05) is 32.7 Å². The summed E-state index contributed by atoms with van der Waals surface area (Å²) in [5.41, 5.74) is 1.82. The van der Waals surface area contributed by atoms with Gasteiger partial charge in [-0.15, -0.1) is 0 Å². The van der Waals surface area contributed by atoms with Gasteiger partial charge in [0.1, 0.15) is 5.82 Å². The van der Waals surface area contributed by atoms with Gasteiger partial charge in [0.15, 0.2) is 0 Å². The van der Waals surface area contributed by atoms with Crippen LogP contribution >= 0.6 is 23.2 Å². The summed E-state index contributed by atoms with van der Waals surface area (Å²) in [6.45, 7) is 0.563. The molecule has 2 aromatic carbocycles. The number of hydrogen-bond acceptors (Lipinski definition) is 0. The van der Waals surface area contributed by atoms with E-state index in [1.807, 2.05) is 35.0 Å². The van der Waals surface area contributed by atoms with Crippen molar-refractivity contribution in [2.75, 3.05) is 0 Å². The lowest BCUT2D eigenvalue weighted by atomic mass is 10.2. The van der Waals surface area contributed by atoms with E-state index in [9.17, 15) is 4.39 Å². The molecule has 0 bridgehead atoms. The molecule has 0 N–H and O–H groups in total. The van der Waals surface area contributed by atoms with Crippen molar-refractivity contribution in [3.05, 3.63) is 70.1 Å². The molecule has 0 aliphatic rings. The van der Waals surface area contributed by atoms with Gasteiger partial charge >= 0.3 is 0 Å². The first-order valence-electron chi connectivity index (χ1n) is 5.82. The smallest absolute Gasteiger partial charge is 0.123 e. The molecule has 3 rings (SSSR count). The van der Waals surface area contributed by atoms with E-state index in [0.717, 1.165) is 16.5 Å². The largest absolute Gasteiger partial charge is 0.343 e. The number of aromatic nitrogens is 1. The molecule has 0 aliphatic heterocycles. The van der Waals surface area contributed by atoms with Crippen LogP contribution in [0.2, 0.25) is 10.0 Å². The summed E-state index contributed by atoms with van der Waals surface area (Å²) in [4.78, 5) is 0. The minimum Gasteiger partial charge on any atom is -0.343 e. The summed E-state index contributed by atoms with van der Waals surface area (Å²) in [6, 6.07) is 12.0. The van der Waals surface area contributed by atoms with E-state index in [2.05, 4.69) is 0 Å². The van der Waals surface area contributed by atoms with Crippen LogP contribution in [0.15, 0.2) is 48.7 Å². The van der Waals surface area contributed by atoms with Gasteiger partial charge in [0.25, 0.3) is 0 Å². The molecule has 0 aliphatic carbocycles. The average molecular weight is 294 g/mol. The lowest BCUT2D eigenvalue weighted by molar-refractivity contribution is 0.629. The third-order valence-corrected chi connectivity index (χ3v) is 3.83. The van der Waals surface area contributed by atoms with Crippen LogP contribution < -0.4 is 0 Å². The Morgan fingerprint density at radius 1 is 1.00 bits per heavy atom. The van der Waals surface area contributed by atoms with Crippen LogP contribution in [0.3, 0.4) is 0 Å². The van der Waals surface area contributed by atoms with Crippen molar-refractivity contribution in [2.24, 2.45) is 0 Å². The SMILES string of the molecule is Fc1ccc2c(ccn2Cc2c(Cl)cccc2Cl)c1. The van der Waals surface area contributed by atoms with Crippen molar-refractivity contribution in [1.29, 1.82) is 0 Å². The molecule has 0 saturated carbocycles. The first-order valence-corrected chi connectivity index (χ1v) is 6.58. The van der Waals surface area contributed by atoms with Crippen molar-refractivity contribution in [3.63, 3.8) is 0 Å². The van der Waals surface area contributed by atoms with E-state index in [1.54, 1.807) is 6.07 Å². The zero-order valence-electron chi connectivity index (χ0n) is 9.91. The maximum atomic E-state index is 13.1. The highest BCUT2D eigenvalue weighted by Gasteiger charge is 2.08. The van der Waals surface area contributed by atoms with Gasteiger partial charge in [-0.1, -0.05) is 29.3 Å². The number of fused-ring (bicyclic) bond motifs is 1. The Kier molecular flexibility index (Phi) is 3.21. The van der Waals surface area contributed by atoms with Crippen molar-refractivity contribution in [1.82, 2.24) is 4.57 Å². The Morgan fingerprint density at radius 2 is 1.74 bits per heavy atom. The van der Waals surface area contributed by atoms with Crippen LogP contribution in [-0.4, -0.2) is 4.57 Å². The average Bonchev–Trinajstić information content (AvgIpc) is 2.76. The lowest BCUT2D eigenvalue weighted by Gasteiger charge is -2.09. The van der Waals surface area contributed by atoms with Gasteiger partial charge in [-0.3, -0.25) is 0 Å². The summed E-state index contributed by atoms with van der Waals surface area (Å²) in [6.07, 6.45) is 1.91. The molecule has 0 amide bonds. The van der Waals surface area contributed by atoms with Gasteiger partial charge in [0.2, 0.25) is 0 Å². The molecule has 0 fully saturated rings. The first-order chi connectivity index (χ1) is 9.15. The van der Waals surface area contributed by atoms with E-state index in [-0.39, 0.29) is 5.82 Å². The van der Waals surface area contributed by atoms with Crippen molar-refractivity contribution in [3.8, 4) is 0 Å². The molecular weight excluding hydrogens is 284 g/mol. The maximum absolute atomic E-state index is 13.1. The van der Waals surface area contributed by atoms with Crippen molar-refractivity contribution in [2.45, 2.75) is 6.54 Å². The number of benzene rings is 2. The number of halogens is 3. The number of hydrogen-bond donors (Lipinski definition) is 0. The molecule has 96 valence electrons. The maximum Gasteiger partial charge on any atom is 0.123 e. The monoisotopic (exact) mass is 293 g/mol. The molecule has 3 aromatic rings. The molecule has 19 heavy (non-hydrogen) atoms. The Morgan fingerprint density at radius 3 is 2.47 bits per heavy atom. The summed E-state index contributed by atoms with van der Waals surface area (Å²) in [5, 5.41) is 2.14.